The zero-order chi connectivity index (χ0) is 15.5. The summed E-state index contributed by atoms with van der Waals surface area (Å²) in [6, 6.07) is 22.0. The van der Waals surface area contributed by atoms with Gasteiger partial charge in [-0.2, -0.15) is 0 Å². The zero-order valence-electron chi connectivity index (χ0n) is 12.7. The molecule has 0 aliphatic heterocycles. The Kier molecular flexibility index (Phi) is 3.84. The summed E-state index contributed by atoms with van der Waals surface area (Å²) in [7, 11) is 0. The Bertz CT molecular complexity index is 878. The first-order valence-electron chi connectivity index (χ1n) is 7.29. The summed E-state index contributed by atoms with van der Waals surface area (Å²) < 4.78 is 0. The molecule has 0 aliphatic rings. The van der Waals surface area contributed by atoms with Crippen molar-refractivity contribution in [3.63, 3.8) is 0 Å². The van der Waals surface area contributed by atoms with Crippen LogP contribution in [0.4, 0.5) is 5.69 Å². The molecule has 22 heavy (non-hydrogen) atoms. The van der Waals surface area contributed by atoms with E-state index in [4.69, 9.17) is 0 Å². The first-order chi connectivity index (χ1) is 10.6. The van der Waals surface area contributed by atoms with Gasteiger partial charge in [-0.3, -0.25) is 9.79 Å². The number of ketones is 1. The molecule has 0 aromatic heterocycles. The normalized spacial score (nSPS) is 11.6. The van der Waals surface area contributed by atoms with Gasteiger partial charge in [0.15, 0.2) is 5.78 Å². The third-order valence-corrected chi connectivity index (χ3v) is 3.72. The number of carbonyl (C=O) groups is 1. The van der Waals surface area contributed by atoms with E-state index in [2.05, 4.69) is 29.3 Å². The van der Waals surface area contributed by atoms with E-state index in [-0.39, 0.29) is 5.78 Å². The minimum Gasteiger partial charge on any atom is -0.295 e. The Labute approximate surface area is 130 Å². The van der Waals surface area contributed by atoms with Gasteiger partial charge in [-0.25, -0.2) is 0 Å². The van der Waals surface area contributed by atoms with Gasteiger partial charge in [-0.05, 0) is 48.4 Å². The first kappa shape index (κ1) is 14.2. The lowest BCUT2D eigenvalue weighted by molar-refractivity contribution is 0.101. The molecular formula is C20H17NO. The second kappa shape index (κ2) is 5.94. The van der Waals surface area contributed by atoms with Crippen LogP contribution in [0.2, 0.25) is 0 Å². The quantitative estimate of drug-likeness (QED) is 0.482. The van der Waals surface area contributed by atoms with Crippen LogP contribution in [0.25, 0.3) is 10.8 Å². The van der Waals surface area contributed by atoms with Crippen LogP contribution < -0.4 is 0 Å². The summed E-state index contributed by atoms with van der Waals surface area (Å²) >= 11 is 0. The number of aliphatic imine (C=N–C) groups is 1. The summed E-state index contributed by atoms with van der Waals surface area (Å²) in [5, 5.41) is 2.38. The van der Waals surface area contributed by atoms with Crippen LogP contribution in [0.15, 0.2) is 71.7 Å². The van der Waals surface area contributed by atoms with Crippen LogP contribution in [0.3, 0.4) is 0 Å². The molecule has 0 fully saturated rings. The molecule has 3 aromatic carbocycles. The highest BCUT2D eigenvalue weighted by atomic mass is 16.1. The van der Waals surface area contributed by atoms with E-state index in [1.807, 2.05) is 49.4 Å². The maximum Gasteiger partial charge on any atom is 0.159 e. The maximum absolute atomic E-state index is 11.5. The van der Waals surface area contributed by atoms with E-state index in [1.165, 1.54) is 10.8 Å². The van der Waals surface area contributed by atoms with Gasteiger partial charge in [0.05, 0.1) is 5.69 Å². The van der Waals surface area contributed by atoms with Crippen LogP contribution in [0.1, 0.15) is 29.8 Å². The van der Waals surface area contributed by atoms with Crippen molar-refractivity contribution in [2.75, 3.05) is 0 Å². The topological polar surface area (TPSA) is 29.4 Å². The number of hydrogen-bond donors (Lipinski definition) is 0. The van der Waals surface area contributed by atoms with E-state index >= 15 is 0 Å². The highest BCUT2D eigenvalue weighted by molar-refractivity contribution is 6.03. The largest absolute Gasteiger partial charge is 0.295 e. The Morgan fingerprint density at radius 1 is 0.773 bits per heavy atom. The van der Waals surface area contributed by atoms with Crippen molar-refractivity contribution in [1.29, 1.82) is 0 Å². The molecule has 0 spiro atoms. The third-order valence-electron chi connectivity index (χ3n) is 3.72. The predicted molar refractivity (Wildman–Crippen MR) is 92.3 cm³/mol. The molecule has 0 saturated carbocycles. The van der Waals surface area contributed by atoms with E-state index in [0.29, 0.717) is 5.56 Å². The molecule has 3 aromatic rings. The summed E-state index contributed by atoms with van der Waals surface area (Å²) in [5.41, 5.74) is 3.51. The molecule has 0 saturated heterocycles. The van der Waals surface area contributed by atoms with Gasteiger partial charge >= 0.3 is 0 Å². The minimum absolute atomic E-state index is 0.0698. The van der Waals surface area contributed by atoms with Crippen LogP contribution in [0, 0.1) is 0 Å². The van der Waals surface area contributed by atoms with Crippen molar-refractivity contribution in [3.8, 4) is 0 Å². The number of nitrogens with zero attached hydrogens (tertiary/aromatic N) is 1. The lowest BCUT2D eigenvalue weighted by Gasteiger charge is -2.04. The molecule has 0 amide bonds. The van der Waals surface area contributed by atoms with Crippen molar-refractivity contribution >= 4 is 28.0 Å². The molecule has 0 radical (unpaired) electrons. The molecular weight excluding hydrogens is 270 g/mol. The molecule has 0 heterocycles. The molecule has 0 bridgehead atoms. The van der Waals surface area contributed by atoms with E-state index in [1.54, 1.807) is 6.92 Å². The number of benzene rings is 3. The third kappa shape index (κ3) is 2.96. The summed E-state index contributed by atoms with van der Waals surface area (Å²) in [5.74, 6) is 0.0698. The second-order valence-electron chi connectivity index (χ2n) is 5.37. The highest BCUT2D eigenvalue weighted by Crippen LogP contribution is 2.22. The summed E-state index contributed by atoms with van der Waals surface area (Å²) in [4.78, 5) is 16.2. The zero-order valence-corrected chi connectivity index (χ0v) is 12.7. The van der Waals surface area contributed by atoms with E-state index in [9.17, 15) is 4.79 Å². The van der Waals surface area contributed by atoms with Gasteiger partial charge in [-0.15, -0.1) is 0 Å². The van der Waals surface area contributed by atoms with Crippen LogP contribution >= 0.6 is 0 Å². The number of Topliss-reactive ketones (excluding diaryl/α,β-unsaturated/α-hetero) is 1. The second-order valence-corrected chi connectivity index (χ2v) is 5.37. The number of rotatable bonds is 3. The van der Waals surface area contributed by atoms with Crippen LogP contribution in [-0.4, -0.2) is 11.5 Å². The fourth-order valence-corrected chi connectivity index (χ4v) is 2.47. The Morgan fingerprint density at radius 3 is 2.27 bits per heavy atom. The van der Waals surface area contributed by atoms with Gasteiger partial charge in [-0.1, -0.05) is 48.5 Å². The smallest absolute Gasteiger partial charge is 0.159 e. The Morgan fingerprint density at radius 2 is 1.50 bits per heavy atom. The molecule has 2 nitrogen and oxygen atoms in total. The average Bonchev–Trinajstić information content (AvgIpc) is 2.55. The molecule has 0 N–H and O–H groups in total. The standard InChI is InChI=1S/C20H17NO/c1-14(17-8-5-9-18(12-17)15(2)22)21-20-11-10-16-6-3-4-7-19(16)13-20/h3-13H,1-2H3/b21-14-. The fraction of sp³-hybridized carbons (Fsp3) is 0.100. The van der Waals surface area contributed by atoms with Gasteiger partial charge in [0.2, 0.25) is 0 Å². The van der Waals surface area contributed by atoms with Crippen LogP contribution in [0.5, 0.6) is 0 Å². The molecule has 3 rings (SSSR count). The summed E-state index contributed by atoms with van der Waals surface area (Å²) in [6.07, 6.45) is 0. The Hall–Kier alpha value is -2.74. The van der Waals surface area contributed by atoms with Gasteiger partial charge < -0.3 is 0 Å². The average molecular weight is 287 g/mol. The molecule has 108 valence electrons. The molecule has 0 unspecified atom stereocenters. The number of carbonyl (C=O) groups excluding carboxylic acids is 1. The first-order valence-corrected chi connectivity index (χ1v) is 7.29. The fourth-order valence-electron chi connectivity index (χ4n) is 2.47. The maximum atomic E-state index is 11.5. The monoisotopic (exact) mass is 287 g/mol. The van der Waals surface area contributed by atoms with E-state index < -0.39 is 0 Å². The summed E-state index contributed by atoms with van der Waals surface area (Å²) in [6.45, 7) is 3.55. The SMILES string of the molecule is CC(=O)c1cccc(/C(C)=N\c2ccc3ccccc3c2)c1. The van der Waals surface area contributed by atoms with Gasteiger partial charge in [0.1, 0.15) is 0 Å². The van der Waals surface area contributed by atoms with E-state index in [0.717, 1.165) is 17.0 Å². The Balaban J connectivity index is 1.98. The van der Waals surface area contributed by atoms with Crippen molar-refractivity contribution in [2.45, 2.75) is 13.8 Å². The van der Waals surface area contributed by atoms with Gasteiger partial charge in [0, 0.05) is 11.3 Å². The van der Waals surface area contributed by atoms with Crippen LogP contribution in [-0.2, 0) is 0 Å². The van der Waals surface area contributed by atoms with Crippen molar-refractivity contribution in [2.24, 2.45) is 4.99 Å². The highest BCUT2D eigenvalue weighted by Gasteiger charge is 2.03. The minimum atomic E-state index is 0.0698. The predicted octanol–water partition coefficient (Wildman–Crippen LogP) is 5.18. The lowest BCUT2D eigenvalue weighted by atomic mass is 10.1. The van der Waals surface area contributed by atoms with Crippen molar-refractivity contribution in [1.82, 2.24) is 0 Å². The number of hydrogen-bond acceptors (Lipinski definition) is 2. The molecule has 0 atom stereocenters. The number of fused-ring (bicyclic) bond motifs is 1. The molecule has 0 aliphatic carbocycles. The van der Waals surface area contributed by atoms with Crippen molar-refractivity contribution < 1.29 is 4.79 Å². The van der Waals surface area contributed by atoms with Crippen molar-refractivity contribution in [3.05, 3.63) is 77.9 Å². The lowest BCUT2D eigenvalue weighted by Crippen LogP contribution is -1.98. The molecule has 2 heteroatoms. The van der Waals surface area contributed by atoms with Gasteiger partial charge in [0.25, 0.3) is 0 Å².